The summed E-state index contributed by atoms with van der Waals surface area (Å²) in [6, 6.07) is -0.530. The van der Waals surface area contributed by atoms with E-state index in [4.69, 9.17) is 0 Å². The summed E-state index contributed by atoms with van der Waals surface area (Å²) < 4.78 is 0.618. The van der Waals surface area contributed by atoms with Gasteiger partial charge in [-0.05, 0) is 22.9 Å². The molecule has 1 aromatic heterocycles. The second kappa shape index (κ2) is 4.79. The molecule has 7 heteroatoms. The number of nitrogens with zero attached hydrogens (tertiary/aromatic N) is 3. The lowest BCUT2D eigenvalue weighted by atomic mass is 10.2. The Bertz CT molecular complexity index is 448. The van der Waals surface area contributed by atoms with Crippen molar-refractivity contribution in [2.45, 2.75) is 19.4 Å². The van der Waals surface area contributed by atoms with Crippen LogP contribution in [-0.4, -0.2) is 39.3 Å². The first-order valence-electron chi connectivity index (χ1n) is 5.20. The molecule has 2 heterocycles. The minimum absolute atomic E-state index is 0.153. The van der Waals surface area contributed by atoms with Gasteiger partial charge in [0.05, 0.1) is 18.8 Å². The van der Waals surface area contributed by atoms with Crippen molar-refractivity contribution in [3.63, 3.8) is 0 Å². The van der Waals surface area contributed by atoms with E-state index in [0.29, 0.717) is 17.0 Å². The number of carbonyl (C=O) groups excluding carboxylic acids is 2. The molecule has 1 N–H and O–H groups in total. The molecule has 1 aliphatic heterocycles. The number of amides is 2. The third-order valence-electron chi connectivity index (χ3n) is 2.50. The molecule has 1 atom stereocenters. The maximum Gasteiger partial charge on any atom is 0.252 e. The highest BCUT2D eigenvalue weighted by Crippen LogP contribution is 2.16. The van der Waals surface area contributed by atoms with Crippen LogP contribution in [0.5, 0.6) is 0 Å². The number of nitrogens with one attached hydrogen (secondary N) is 1. The van der Waals surface area contributed by atoms with Crippen LogP contribution in [0.25, 0.3) is 0 Å². The number of carbonyl (C=O) groups is 2. The molecule has 90 valence electrons. The summed E-state index contributed by atoms with van der Waals surface area (Å²) in [6.45, 7) is 2.18. The molecule has 0 bridgehead atoms. The monoisotopic (exact) mass is 298 g/mol. The Morgan fingerprint density at radius 3 is 2.76 bits per heavy atom. The van der Waals surface area contributed by atoms with Crippen LogP contribution >= 0.6 is 15.9 Å². The predicted octanol–water partition coefficient (Wildman–Crippen LogP) is 0.798. The number of hydrogen-bond acceptors (Lipinski definition) is 5. The average molecular weight is 299 g/mol. The van der Waals surface area contributed by atoms with Crippen LogP contribution in [-0.2, 0) is 9.59 Å². The average Bonchev–Trinajstić information content (AvgIpc) is 2.57. The molecule has 17 heavy (non-hydrogen) atoms. The van der Waals surface area contributed by atoms with Crippen LogP contribution < -0.4 is 5.32 Å². The van der Waals surface area contributed by atoms with Crippen LogP contribution in [0.1, 0.15) is 13.3 Å². The van der Waals surface area contributed by atoms with Gasteiger partial charge in [0.1, 0.15) is 16.5 Å². The zero-order chi connectivity index (χ0) is 12.4. The Morgan fingerprint density at radius 1 is 1.47 bits per heavy atom. The van der Waals surface area contributed by atoms with Gasteiger partial charge in [-0.3, -0.25) is 14.5 Å². The van der Waals surface area contributed by atoms with Crippen molar-refractivity contribution in [3.05, 3.63) is 17.0 Å². The van der Waals surface area contributed by atoms with E-state index in [0.717, 1.165) is 0 Å². The second-order valence-electron chi connectivity index (χ2n) is 3.60. The number of rotatable bonds is 3. The van der Waals surface area contributed by atoms with Gasteiger partial charge in [0.25, 0.3) is 5.91 Å². The van der Waals surface area contributed by atoms with E-state index in [1.54, 1.807) is 6.92 Å². The summed E-state index contributed by atoms with van der Waals surface area (Å²) in [5.74, 6) is 0.125. The molecule has 2 amide bonds. The van der Waals surface area contributed by atoms with Gasteiger partial charge in [0.15, 0.2) is 0 Å². The smallest absolute Gasteiger partial charge is 0.252 e. The van der Waals surface area contributed by atoms with Crippen molar-refractivity contribution in [1.82, 2.24) is 14.9 Å². The van der Waals surface area contributed by atoms with Crippen LogP contribution in [0, 0.1) is 0 Å². The maximum absolute atomic E-state index is 11.8. The summed E-state index contributed by atoms with van der Waals surface area (Å²) in [6.07, 6.45) is 3.21. The topological polar surface area (TPSA) is 75.2 Å². The molecule has 0 spiro atoms. The maximum atomic E-state index is 11.8. The fourth-order valence-electron chi connectivity index (χ4n) is 1.69. The molecule has 0 aromatic carbocycles. The summed E-state index contributed by atoms with van der Waals surface area (Å²) in [7, 11) is 0. The van der Waals surface area contributed by atoms with Crippen molar-refractivity contribution < 1.29 is 9.59 Å². The molecular weight excluding hydrogens is 288 g/mol. The first-order chi connectivity index (χ1) is 8.11. The lowest BCUT2D eigenvalue weighted by Crippen LogP contribution is -2.34. The zero-order valence-corrected chi connectivity index (χ0v) is 10.8. The number of likely N-dealkylation sites (N-methyl/N-ethyl adjacent to an activating group) is 1. The standard InChI is InChI=1S/C10H11BrN4O2/c1-2-15-9(16)3-6(10(15)17)14-8-5-12-7(11)4-13-8/h4-6H,2-3H2,1H3,(H,13,14). The number of aromatic nitrogens is 2. The van der Waals surface area contributed by atoms with E-state index in [9.17, 15) is 9.59 Å². The molecular formula is C10H11BrN4O2. The van der Waals surface area contributed by atoms with Gasteiger partial charge >= 0.3 is 0 Å². The first-order valence-corrected chi connectivity index (χ1v) is 5.99. The Labute approximate surface area is 107 Å². The highest BCUT2D eigenvalue weighted by molar-refractivity contribution is 9.10. The largest absolute Gasteiger partial charge is 0.357 e. The second-order valence-corrected chi connectivity index (χ2v) is 4.41. The SMILES string of the molecule is CCN1C(=O)CC(Nc2cnc(Br)cn2)C1=O. The molecule has 1 aromatic rings. The van der Waals surface area contributed by atoms with E-state index in [1.165, 1.54) is 17.3 Å². The van der Waals surface area contributed by atoms with Gasteiger partial charge < -0.3 is 5.32 Å². The Balaban J connectivity index is 2.08. The third kappa shape index (κ3) is 2.44. The van der Waals surface area contributed by atoms with Crippen molar-refractivity contribution in [1.29, 1.82) is 0 Å². The third-order valence-corrected chi connectivity index (χ3v) is 2.91. The Kier molecular flexibility index (Phi) is 3.37. The van der Waals surface area contributed by atoms with E-state index in [2.05, 4.69) is 31.2 Å². The number of likely N-dealkylation sites (tertiary alicyclic amines) is 1. The molecule has 1 aliphatic rings. The van der Waals surface area contributed by atoms with E-state index in [1.807, 2.05) is 0 Å². The summed E-state index contributed by atoms with van der Waals surface area (Å²) in [4.78, 5) is 32.6. The normalized spacial score (nSPS) is 19.9. The molecule has 6 nitrogen and oxygen atoms in total. The molecule has 1 fully saturated rings. The number of anilines is 1. The Morgan fingerprint density at radius 2 is 2.24 bits per heavy atom. The first kappa shape index (κ1) is 12.0. The quantitative estimate of drug-likeness (QED) is 0.836. The lowest BCUT2D eigenvalue weighted by Gasteiger charge is -2.13. The number of halogens is 1. The number of hydrogen-bond donors (Lipinski definition) is 1. The summed E-state index contributed by atoms with van der Waals surface area (Å²) >= 11 is 3.17. The van der Waals surface area contributed by atoms with Gasteiger partial charge in [-0.1, -0.05) is 0 Å². The van der Waals surface area contributed by atoms with Crippen LogP contribution in [0.2, 0.25) is 0 Å². The van der Waals surface area contributed by atoms with Crippen molar-refractivity contribution >= 4 is 33.6 Å². The van der Waals surface area contributed by atoms with Crippen molar-refractivity contribution in [3.8, 4) is 0 Å². The minimum Gasteiger partial charge on any atom is -0.357 e. The molecule has 1 saturated heterocycles. The fraction of sp³-hybridized carbons (Fsp3) is 0.400. The Hall–Kier alpha value is -1.50. The predicted molar refractivity (Wildman–Crippen MR) is 64.2 cm³/mol. The number of imide groups is 1. The van der Waals surface area contributed by atoms with Gasteiger partial charge in [-0.2, -0.15) is 0 Å². The molecule has 0 aliphatic carbocycles. The van der Waals surface area contributed by atoms with E-state index in [-0.39, 0.29) is 18.2 Å². The summed E-state index contributed by atoms with van der Waals surface area (Å²) in [5, 5.41) is 2.91. The lowest BCUT2D eigenvalue weighted by molar-refractivity contribution is -0.138. The van der Waals surface area contributed by atoms with Crippen LogP contribution in [0.4, 0.5) is 5.82 Å². The fourth-order valence-corrected chi connectivity index (χ4v) is 1.90. The molecule has 1 unspecified atom stereocenters. The van der Waals surface area contributed by atoms with Gasteiger partial charge in [-0.15, -0.1) is 0 Å². The van der Waals surface area contributed by atoms with Crippen molar-refractivity contribution in [2.75, 3.05) is 11.9 Å². The van der Waals surface area contributed by atoms with E-state index >= 15 is 0 Å². The molecule has 2 rings (SSSR count). The van der Waals surface area contributed by atoms with Gasteiger partial charge in [0, 0.05) is 6.54 Å². The van der Waals surface area contributed by atoms with Crippen LogP contribution in [0.3, 0.4) is 0 Å². The minimum atomic E-state index is -0.530. The van der Waals surface area contributed by atoms with E-state index < -0.39 is 6.04 Å². The van der Waals surface area contributed by atoms with Gasteiger partial charge in [0.2, 0.25) is 5.91 Å². The highest BCUT2D eigenvalue weighted by atomic mass is 79.9. The molecule has 0 saturated carbocycles. The summed E-state index contributed by atoms with van der Waals surface area (Å²) in [5.41, 5.74) is 0. The highest BCUT2D eigenvalue weighted by Gasteiger charge is 2.37. The van der Waals surface area contributed by atoms with Gasteiger partial charge in [-0.25, -0.2) is 9.97 Å². The van der Waals surface area contributed by atoms with Crippen molar-refractivity contribution in [2.24, 2.45) is 0 Å². The zero-order valence-electron chi connectivity index (χ0n) is 9.18. The molecule has 0 radical (unpaired) electrons. The van der Waals surface area contributed by atoms with Crippen LogP contribution in [0.15, 0.2) is 17.0 Å².